The Morgan fingerprint density at radius 3 is 1.88 bits per heavy atom. The summed E-state index contributed by atoms with van der Waals surface area (Å²) < 4.78 is 0. The zero-order valence-corrected chi connectivity index (χ0v) is 13.0. The minimum absolute atomic E-state index is 0.633. The lowest BCUT2D eigenvalue weighted by molar-refractivity contribution is 0.171. The highest BCUT2D eigenvalue weighted by molar-refractivity contribution is 4.75. The zero-order valence-electron chi connectivity index (χ0n) is 13.0. The van der Waals surface area contributed by atoms with Gasteiger partial charge in [0.15, 0.2) is 0 Å². The molecule has 0 aliphatic carbocycles. The number of rotatable bonds is 9. The first-order valence-corrected chi connectivity index (χ1v) is 6.90. The summed E-state index contributed by atoms with van der Waals surface area (Å²) in [7, 11) is 6.51. The Kier molecular flexibility index (Phi) is 8.83. The highest BCUT2D eigenvalue weighted by atomic mass is 15.2. The summed E-state index contributed by atoms with van der Waals surface area (Å²) in [5.41, 5.74) is 0. The second-order valence-electron chi connectivity index (χ2n) is 6.15. The van der Waals surface area contributed by atoms with Gasteiger partial charge in [0, 0.05) is 25.7 Å². The monoisotopic (exact) mass is 243 g/mol. The average molecular weight is 243 g/mol. The molecule has 1 unspecified atom stereocenters. The van der Waals surface area contributed by atoms with E-state index in [1.807, 2.05) is 0 Å². The van der Waals surface area contributed by atoms with E-state index in [1.54, 1.807) is 0 Å². The molecule has 17 heavy (non-hydrogen) atoms. The van der Waals surface area contributed by atoms with Crippen molar-refractivity contribution in [1.82, 2.24) is 15.1 Å². The first-order valence-electron chi connectivity index (χ1n) is 6.90. The van der Waals surface area contributed by atoms with Crippen molar-refractivity contribution < 1.29 is 0 Å². The minimum atomic E-state index is 0.633. The van der Waals surface area contributed by atoms with Crippen molar-refractivity contribution in [3.63, 3.8) is 0 Å². The van der Waals surface area contributed by atoms with Crippen molar-refractivity contribution in [2.75, 3.05) is 47.3 Å². The van der Waals surface area contributed by atoms with E-state index >= 15 is 0 Å². The zero-order chi connectivity index (χ0) is 13.4. The summed E-state index contributed by atoms with van der Waals surface area (Å²) >= 11 is 0. The van der Waals surface area contributed by atoms with Crippen LogP contribution in [0.15, 0.2) is 0 Å². The van der Waals surface area contributed by atoms with Crippen molar-refractivity contribution >= 4 is 0 Å². The Labute approximate surface area is 109 Å². The maximum absolute atomic E-state index is 3.58. The molecule has 0 aliphatic heterocycles. The fourth-order valence-corrected chi connectivity index (χ4v) is 1.94. The van der Waals surface area contributed by atoms with Gasteiger partial charge in [-0.05, 0) is 39.5 Å². The average Bonchev–Trinajstić information content (AvgIpc) is 2.20. The van der Waals surface area contributed by atoms with Gasteiger partial charge < -0.3 is 15.1 Å². The predicted octanol–water partition coefficient (Wildman–Crippen LogP) is 1.75. The molecule has 0 saturated heterocycles. The number of likely N-dealkylation sites (N-methyl/N-ethyl adjacent to an activating group) is 2. The van der Waals surface area contributed by atoms with Gasteiger partial charge in [-0.25, -0.2) is 0 Å². The van der Waals surface area contributed by atoms with Crippen LogP contribution >= 0.6 is 0 Å². The third kappa shape index (κ3) is 8.58. The Morgan fingerprint density at radius 2 is 1.47 bits per heavy atom. The van der Waals surface area contributed by atoms with Crippen molar-refractivity contribution in [1.29, 1.82) is 0 Å². The summed E-state index contributed by atoms with van der Waals surface area (Å²) in [6, 6.07) is 0.633. The second kappa shape index (κ2) is 8.90. The van der Waals surface area contributed by atoms with E-state index in [0.717, 1.165) is 32.1 Å². The van der Waals surface area contributed by atoms with Crippen molar-refractivity contribution in [2.45, 2.75) is 33.7 Å². The molecule has 0 aromatic heterocycles. The molecule has 0 radical (unpaired) electrons. The van der Waals surface area contributed by atoms with Crippen LogP contribution in [0.4, 0.5) is 0 Å². The van der Waals surface area contributed by atoms with Crippen LogP contribution in [0.2, 0.25) is 0 Å². The van der Waals surface area contributed by atoms with Gasteiger partial charge in [-0.2, -0.15) is 0 Å². The largest absolute Gasteiger partial charge is 0.315 e. The molecule has 1 N–H and O–H groups in total. The third-order valence-electron chi connectivity index (χ3n) is 3.14. The standard InChI is InChI=1S/C14H33N3/c1-12(2)10-15-11-14(13(3)4)17(7)9-8-16(5)6/h12-15H,8-11H2,1-7H3. The van der Waals surface area contributed by atoms with Crippen LogP contribution in [0, 0.1) is 11.8 Å². The Balaban J connectivity index is 4.03. The van der Waals surface area contributed by atoms with Gasteiger partial charge >= 0.3 is 0 Å². The fraction of sp³-hybridized carbons (Fsp3) is 1.00. The molecular formula is C14H33N3. The lowest BCUT2D eigenvalue weighted by atomic mass is 10.0. The molecule has 0 spiro atoms. The van der Waals surface area contributed by atoms with Gasteiger partial charge in [-0.1, -0.05) is 27.7 Å². The first kappa shape index (κ1) is 16.9. The lowest BCUT2D eigenvalue weighted by Crippen LogP contribution is -2.46. The SMILES string of the molecule is CC(C)CNCC(C(C)C)N(C)CCN(C)C. The third-order valence-corrected chi connectivity index (χ3v) is 3.14. The Morgan fingerprint density at radius 1 is 0.882 bits per heavy atom. The molecule has 0 aromatic carbocycles. The summed E-state index contributed by atoms with van der Waals surface area (Å²) in [6.07, 6.45) is 0. The van der Waals surface area contributed by atoms with E-state index in [9.17, 15) is 0 Å². The summed E-state index contributed by atoms with van der Waals surface area (Å²) in [4.78, 5) is 4.73. The number of nitrogens with zero attached hydrogens (tertiary/aromatic N) is 2. The molecule has 0 heterocycles. The highest BCUT2D eigenvalue weighted by Crippen LogP contribution is 2.08. The molecule has 0 fully saturated rings. The van der Waals surface area contributed by atoms with Crippen LogP contribution in [0.5, 0.6) is 0 Å². The van der Waals surface area contributed by atoms with Gasteiger partial charge in [0.05, 0.1) is 0 Å². The van der Waals surface area contributed by atoms with Crippen molar-refractivity contribution in [3.8, 4) is 0 Å². The summed E-state index contributed by atoms with van der Waals surface area (Å²) in [6.45, 7) is 13.6. The van der Waals surface area contributed by atoms with E-state index < -0.39 is 0 Å². The number of nitrogens with one attached hydrogen (secondary N) is 1. The molecule has 0 saturated carbocycles. The van der Waals surface area contributed by atoms with E-state index in [1.165, 1.54) is 0 Å². The van der Waals surface area contributed by atoms with Crippen LogP contribution in [-0.4, -0.2) is 63.2 Å². The van der Waals surface area contributed by atoms with Crippen LogP contribution < -0.4 is 5.32 Å². The van der Waals surface area contributed by atoms with Crippen LogP contribution in [0.3, 0.4) is 0 Å². The van der Waals surface area contributed by atoms with Crippen LogP contribution in [0.1, 0.15) is 27.7 Å². The van der Waals surface area contributed by atoms with E-state index in [-0.39, 0.29) is 0 Å². The molecule has 1 atom stereocenters. The van der Waals surface area contributed by atoms with Gasteiger partial charge in [0.25, 0.3) is 0 Å². The highest BCUT2D eigenvalue weighted by Gasteiger charge is 2.18. The Hall–Kier alpha value is -0.120. The van der Waals surface area contributed by atoms with Crippen LogP contribution in [-0.2, 0) is 0 Å². The van der Waals surface area contributed by atoms with Gasteiger partial charge in [0.1, 0.15) is 0 Å². The van der Waals surface area contributed by atoms with Gasteiger partial charge in [-0.15, -0.1) is 0 Å². The van der Waals surface area contributed by atoms with Gasteiger partial charge in [0.2, 0.25) is 0 Å². The molecule has 0 bridgehead atoms. The maximum atomic E-state index is 3.58. The molecule has 0 aliphatic rings. The molecule has 104 valence electrons. The maximum Gasteiger partial charge on any atom is 0.0241 e. The van der Waals surface area contributed by atoms with Crippen molar-refractivity contribution in [2.24, 2.45) is 11.8 Å². The predicted molar refractivity (Wildman–Crippen MR) is 77.5 cm³/mol. The molecule has 0 aromatic rings. The van der Waals surface area contributed by atoms with Crippen molar-refractivity contribution in [3.05, 3.63) is 0 Å². The first-order chi connectivity index (χ1) is 7.84. The minimum Gasteiger partial charge on any atom is -0.315 e. The lowest BCUT2D eigenvalue weighted by Gasteiger charge is -2.32. The normalized spacial score (nSPS) is 14.3. The van der Waals surface area contributed by atoms with E-state index in [2.05, 4.69) is 64.0 Å². The second-order valence-corrected chi connectivity index (χ2v) is 6.15. The molecule has 0 amide bonds. The topological polar surface area (TPSA) is 18.5 Å². The fourth-order valence-electron chi connectivity index (χ4n) is 1.94. The quantitative estimate of drug-likeness (QED) is 0.665. The molecule has 3 nitrogen and oxygen atoms in total. The van der Waals surface area contributed by atoms with E-state index in [0.29, 0.717) is 12.0 Å². The van der Waals surface area contributed by atoms with E-state index in [4.69, 9.17) is 0 Å². The molecule has 3 heteroatoms. The van der Waals surface area contributed by atoms with Gasteiger partial charge in [-0.3, -0.25) is 0 Å². The summed E-state index contributed by atoms with van der Waals surface area (Å²) in [5.74, 6) is 1.43. The van der Waals surface area contributed by atoms with Crippen LogP contribution in [0.25, 0.3) is 0 Å². The molecule has 0 rings (SSSR count). The number of hydrogen-bond donors (Lipinski definition) is 1. The Bertz CT molecular complexity index is 178. The number of hydrogen-bond acceptors (Lipinski definition) is 3. The summed E-state index contributed by atoms with van der Waals surface area (Å²) in [5, 5.41) is 3.58. The smallest absolute Gasteiger partial charge is 0.0241 e. The molecular weight excluding hydrogens is 210 g/mol.